The SMILES string of the molecule is CCNc1nc(SCc2ccnc(C(=O)NC3CC3)c2)c(C#N)c(-c2ccccc2)c1C#N. The van der Waals surface area contributed by atoms with Gasteiger partial charge in [0.25, 0.3) is 5.91 Å². The van der Waals surface area contributed by atoms with Gasteiger partial charge in [0.2, 0.25) is 0 Å². The van der Waals surface area contributed by atoms with Crippen molar-refractivity contribution in [3.63, 3.8) is 0 Å². The molecular formula is C25H22N6OS. The van der Waals surface area contributed by atoms with Gasteiger partial charge in [-0.2, -0.15) is 10.5 Å². The Morgan fingerprint density at radius 1 is 1.15 bits per heavy atom. The first-order valence-electron chi connectivity index (χ1n) is 10.7. The molecular weight excluding hydrogens is 432 g/mol. The fourth-order valence-electron chi connectivity index (χ4n) is 3.40. The predicted octanol–water partition coefficient (Wildman–Crippen LogP) is 4.50. The number of aromatic nitrogens is 2. The van der Waals surface area contributed by atoms with Crippen molar-refractivity contribution in [1.29, 1.82) is 10.5 Å². The second-order valence-electron chi connectivity index (χ2n) is 7.60. The van der Waals surface area contributed by atoms with Crippen LogP contribution in [0.1, 0.15) is 46.9 Å². The van der Waals surface area contributed by atoms with Crippen LogP contribution in [0, 0.1) is 22.7 Å². The number of benzene rings is 1. The van der Waals surface area contributed by atoms with Crippen molar-refractivity contribution in [3.8, 4) is 23.3 Å². The molecule has 0 radical (unpaired) electrons. The molecule has 1 fully saturated rings. The van der Waals surface area contributed by atoms with Gasteiger partial charge in [-0.15, -0.1) is 11.8 Å². The van der Waals surface area contributed by atoms with E-state index >= 15 is 0 Å². The van der Waals surface area contributed by atoms with Crippen molar-refractivity contribution >= 4 is 23.5 Å². The van der Waals surface area contributed by atoms with Crippen LogP contribution >= 0.6 is 11.8 Å². The van der Waals surface area contributed by atoms with Crippen molar-refractivity contribution < 1.29 is 4.79 Å². The fraction of sp³-hybridized carbons (Fsp3) is 0.240. The van der Waals surface area contributed by atoms with Crippen LogP contribution < -0.4 is 10.6 Å². The highest BCUT2D eigenvalue weighted by Crippen LogP contribution is 2.37. The topological polar surface area (TPSA) is 114 Å². The number of hydrogen-bond acceptors (Lipinski definition) is 7. The molecule has 2 aromatic heterocycles. The lowest BCUT2D eigenvalue weighted by Crippen LogP contribution is -2.26. The number of nitriles is 2. The van der Waals surface area contributed by atoms with Crippen molar-refractivity contribution in [1.82, 2.24) is 15.3 Å². The first-order chi connectivity index (χ1) is 16.1. The molecule has 4 rings (SSSR count). The predicted molar refractivity (Wildman–Crippen MR) is 128 cm³/mol. The molecule has 1 saturated carbocycles. The van der Waals surface area contributed by atoms with E-state index in [1.54, 1.807) is 12.3 Å². The highest BCUT2D eigenvalue weighted by molar-refractivity contribution is 7.98. The number of hydrogen-bond donors (Lipinski definition) is 2. The maximum Gasteiger partial charge on any atom is 0.270 e. The molecule has 0 saturated heterocycles. The van der Waals surface area contributed by atoms with Gasteiger partial charge in [0.1, 0.15) is 34.2 Å². The maximum atomic E-state index is 12.3. The summed E-state index contributed by atoms with van der Waals surface area (Å²) in [6.45, 7) is 2.52. The third kappa shape index (κ3) is 5.14. The Bertz CT molecular complexity index is 1260. The molecule has 0 bridgehead atoms. The standard InChI is InChI=1S/C25H22N6OS/c1-2-28-23-19(13-26)22(17-6-4-3-5-7-17)20(14-27)25(31-23)33-15-16-10-11-29-21(12-16)24(32)30-18-8-9-18/h3-7,10-12,18H,2,8-9,15H2,1H3,(H,28,31)(H,30,32). The van der Waals surface area contributed by atoms with Gasteiger partial charge in [-0.25, -0.2) is 4.98 Å². The van der Waals surface area contributed by atoms with Gasteiger partial charge in [0.15, 0.2) is 0 Å². The summed E-state index contributed by atoms with van der Waals surface area (Å²) in [5.41, 5.74) is 3.37. The molecule has 2 heterocycles. The van der Waals surface area contributed by atoms with Crippen LogP contribution in [-0.4, -0.2) is 28.5 Å². The van der Waals surface area contributed by atoms with E-state index in [9.17, 15) is 15.3 Å². The van der Waals surface area contributed by atoms with Gasteiger partial charge < -0.3 is 10.6 Å². The number of thioether (sulfide) groups is 1. The van der Waals surface area contributed by atoms with E-state index in [1.165, 1.54) is 11.8 Å². The summed E-state index contributed by atoms with van der Waals surface area (Å²) >= 11 is 1.40. The Hall–Kier alpha value is -3.88. The number of carbonyl (C=O) groups is 1. The Labute approximate surface area is 196 Å². The lowest BCUT2D eigenvalue weighted by Gasteiger charge is -2.15. The van der Waals surface area contributed by atoms with Gasteiger partial charge in [-0.3, -0.25) is 9.78 Å². The highest BCUT2D eigenvalue weighted by atomic mass is 32.2. The average Bonchev–Trinajstić information content (AvgIpc) is 3.67. The number of nitrogens with one attached hydrogen (secondary N) is 2. The lowest BCUT2D eigenvalue weighted by molar-refractivity contribution is 0.0946. The second-order valence-corrected chi connectivity index (χ2v) is 8.56. The van der Waals surface area contributed by atoms with Gasteiger partial charge in [0.05, 0.1) is 5.56 Å². The monoisotopic (exact) mass is 454 g/mol. The molecule has 1 aliphatic rings. The quantitative estimate of drug-likeness (QED) is 0.482. The molecule has 0 atom stereocenters. The first-order valence-corrected chi connectivity index (χ1v) is 11.7. The van der Waals surface area contributed by atoms with Crippen LogP contribution in [0.15, 0.2) is 53.7 Å². The molecule has 164 valence electrons. The van der Waals surface area contributed by atoms with Crippen LogP contribution in [0.5, 0.6) is 0 Å². The van der Waals surface area contributed by atoms with Crippen LogP contribution in [0.4, 0.5) is 5.82 Å². The number of nitrogens with zero attached hydrogens (tertiary/aromatic N) is 4. The van der Waals surface area contributed by atoms with Crippen molar-refractivity contribution in [2.45, 2.75) is 36.6 Å². The normalized spacial score (nSPS) is 12.5. The number of rotatable bonds is 8. The zero-order valence-electron chi connectivity index (χ0n) is 18.1. The second kappa shape index (κ2) is 10.2. The van der Waals surface area contributed by atoms with E-state index in [0.717, 1.165) is 24.0 Å². The first kappa shape index (κ1) is 22.3. The molecule has 1 aliphatic carbocycles. The van der Waals surface area contributed by atoms with Gasteiger partial charge in [-0.1, -0.05) is 30.3 Å². The smallest absolute Gasteiger partial charge is 0.270 e. The van der Waals surface area contributed by atoms with E-state index in [0.29, 0.717) is 45.5 Å². The lowest BCUT2D eigenvalue weighted by atomic mass is 9.97. The Balaban J connectivity index is 1.68. The van der Waals surface area contributed by atoms with Crippen LogP contribution in [0.25, 0.3) is 11.1 Å². The molecule has 33 heavy (non-hydrogen) atoms. The summed E-state index contributed by atoms with van der Waals surface area (Å²) in [5, 5.41) is 26.5. The Morgan fingerprint density at radius 2 is 1.91 bits per heavy atom. The van der Waals surface area contributed by atoms with Gasteiger partial charge in [0, 0.05) is 30.1 Å². The molecule has 0 aliphatic heterocycles. The molecule has 1 aromatic carbocycles. The minimum atomic E-state index is -0.167. The molecule has 7 nitrogen and oxygen atoms in total. The number of amides is 1. The largest absolute Gasteiger partial charge is 0.369 e. The fourth-order valence-corrected chi connectivity index (χ4v) is 4.33. The number of anilines is 1. The third-order valence-electron chi connectivity index (χ3n) is 5.14. The van der Waals surface area contributed by atoms with E-state index in [1.807, 2.05) is 43.3 Å². The minimum absolute atomic E-state index is 0.167. The highest BCUT2D eigenvalue weighted by Gasteiger charge is 2.25. The van der Waals surface area contributed by atoms with Crippen LogP contribution in [-0.2, 0) is 5.75 Å². The van der Waals surface area contributed by atoms with E-state index in [4.69, 9.17) is 0 Å². The number of pyridine rings is 2. The summed E-state index contributed by atoms with van der Waals surface area (Å²) in [7, 11) is 0. The Kier molecular flexibility index (Phi) is 6.87. The summed E-state index contributed by atoms with van der Waals surface area (Å²) in [4.78, 5) is 21.1. The summed E-state index contributed by atoms with van der Waals surface area (Å²) in [5.74, 6) is 0.790. The van der Waals surface area contributed by atoms with Crippen LogP contribution in [0.2, 0.25) is 0 Å². The molecule has 0 unspecified atom stereocenters. The van der Waals surface area contributed by atoms with Crippen molar-refractivity contribution in [2.24, 2.45) is 0 Å². The minimum Gasteiger partial charge on any atom is -0.369 e. The van der Waals surface area contributed by atoms with Crippen molar-refractivity contribution in [3.05, 3.63) is 71.0 Å². The number of carbonyl (C=O) groups excluding carboxylic acids is 1. The summed E-state index contributed by atoms with van der Waals surface area (Å²) in [6, 6.07) is 17.8. The van der Waals surface area contributed by atoms with Crippen LogP contribution in [0.3, 0.4) is 0 Å². The van der Waals surface area contributed by atoms with E-state index in [2.05, 4.69) is 32.7 Å². The molecule has 2 N–H and O–H groups in total. The third-order valence-corrected chi connectivity index (χ3v) is 6.19. The van der Waals surface area contributed by atoms with Gasteiger partial charge >= 0.3 is 0 Å². The van der Waals surface area contributed by atoms with Gasteiger partial charge in [-0.05, 0) is 43.0 Å². The summed E-state index contributed by atoms with van der Waals surface area (Å²) in [6.07, 6.45) is 3.65. The van der Waals surface area contributed by atoms with Crippen molar-refractivity contribution in [2.75, 3.05) is 11.9 Å². The molecule has 3 aromatic rings. The maximum absolute atomic E-state index is 12.3. The average molecular weight is 455 g/mol. The summed E-state index contributed by atoms with van der Waals surface area (Å²) < 4.78 is 0. The zero-order chi connectivity index (χ0) is 23.2. The zero-order valence-corrected chi connectivity index (χ0v) is 18.9. The van der Waals surface area contributed by atoms with E-state index < -0.39 is 0 Å². The molecule has 1 amide bonds. The van der Waals surface area contributed by atoms with E-state index in [-0.39, 0.29) is 11.9 Å². The molecule has 0 spiro atoms. The Morgan fingerprint density at radius 3 is 2.58 bits per heavy atom. The molecule has 8 heteroatoms.